The van der Waals surface area contributed by atoms with E-state index in [-0.39, 0.29) is 6.08 Å². The smallest absolute Gasteiger partial charge is 0.412 e. The number of aromatic nitrogens is 2. The van der Waals surface area contributed by atoms with Crippen LogP contribution in [0, 0.1) is 0 Å². The molecule has 0 spiro atoms. The number of hydrogen-bond acceptors (Lipinski definition) is 4. The maximum atomic E-state index is 8.96. The van der Waals surface area contributed by atoms with Crippen LogP contribution in [0.25, 0.3) is 11.5 Å². The van der Waals surface area contributed by atoms with Gasteiger partial charge in [-0.25, -0.2) is 0 Å². The van der Waals surface area contributed by atoms with Crippen LogP contribution < -0.4 is 0 Å². The van der Waals surface area contributed by atoms with Crippen LogP contribution in [0.15, 0.2) is 28.7 Å². The number of nitrogens with zero attached hydrogens (tertiary/aromatic N) is 2. The SMILES string of the molecule is Oc1nnc(-c2cccc(C3CC3)c2)o1. The topological polar surface area (TPSA) is 59.2 Å². The fourth-order valence-corrected chi connectivity index (χ4v) is 1.67. The second-order valence-corrected chi connectivity index (χ2v) is 3.79. The number of rotatable bonds is 2. The van der Waals surface area contributed by atoms with E-state index in [1.54, 1.807) is 0 Å². The molecule has 0 unspecified atom stereocenters. The molecule has 76 valence electrons. The Morgan fingerprint density at radius 3 is 2.80 bits per heavy atom. The molecular weight excluding hydrogens is 192 g/mol. The molecule has 4 heteroatoms. The van der Waals surface area contributed by atoms with E-state index in [1.165, 1.54) is 18.4 Å². The summed E-state index contributed by atoms with van der Waals surface area (Å²) in [4.78, 5) is 0. The second-order valence-electron chi connectivity index (χ2n) is 3.79. The molecule has 1 aliphatic carbocycles. The average Bonchev–Trinajstić information content (AvgIpc) is 3.02. The zero-order chi connectivity index (χ0) is 10.3. The number of benzene rings is 1. The first-order valence-electron chi connectivity index (χ1n) is 4.96. The Labute approximate surface area is 86.6 Å². The molecule has 0 aliphatic heterocycles. The highest BCUT2D eigenvalue weighted by Crippen LogP contribution is 2.40. The van der Waals surface area contributed by atoms with Crippen LogP contribution in [-0.4, -0.2) is 15.3 Å². The molecule has 4 nitrogen and oxygen atoms in total. The summed E-state index contributed by atoms with van der Waals surface area (Å²) in [6.45, 7) is 0. The largest absolute Gasteiger partial charge is 0.465 e. The highest BCUT2D eigenvalue weighted by molar-refractivity contribution is 5.54. The molecular formula is C11H10N2O2. The summed E-state index contributed by atoms with van der Waals surface area (Å²) in [5, 5.41) is 16.1. The lowest BCUT2D eigenvalue weighted by molar-refractivity contribution is 0.320. The molecule has 1 heterocycles. The standard InChI is InChI=1S/C11H10N2O2/c14-11-13-12-10(15-11)9-3-1-2-8(6-9)7-4-5-7/h1-3,6-7H,4-5H2,(H,13,14). The van der Waals surface area contributed by atoms with Gasteiger partial charge in [-0.05, 0) is 36.5 Å². The first kappa shape index (κ1) is 8.47. The van der Waals surface area contributed by atoms with E-state index in [1.807, 2.05) is 18.2 Å². The lowest BCUT2D eigenvalue weighted by atomic mass is 10.1. The highest BCUT2D eigenvalue weighted by Gasteiger charge is 2.23. The van der Waals surface area contributed by atoms with E-state index in [9.17, 15) is 0 Å². The molecule has 1 fully saturated rings. The molecule has 0 atom stereocenters. The first-order valence-corrected chi connectivity index (χ1v) is 4.96. The zero-order valence-corrected chi connectivity index (χ0v) is 8.05. The molecule has 1 aromatic carbocycles. The van der Waals surface area contributed by atoms with Gasteiger partial charge in [0.1, 0.15) is 0 Å². The predicted molar refractivity (Wildman–Crippen MR) is 53.4 cm³/mol. The molecule has 15 heavy (non-hydrogen) atoms. The molecule has 1 saturated carbocycles. The third kappa shape index (κ3) is 1.58. The van der Waals surface area contributed by atoms with Crippen molar-refractivity contribution in [3.8, 4) is 17.5 Å². The van der Waals surface area contributed by atoms with Crippen LogP contribution in [-0.2, 0) is 0 Å². The van der Waals surface area contributed by atoms with Crippen LogP contribution >= 0.6 is 0 Å². The van der Waals surface area contributed by atoms with E-state index in [4.69, 9.17) is 9.52 Å². The van der Waals surface area contributed by atoms with Gasteiger partial charge in [0.05, 0.1) is 0 Å². The van der Waals surface area contributed by atoms with Crippen LogP contribution in [0.1, 0.15) is 24.3 Å². The third-order valence-electron chi connectivity index (χ3n) is 2.60. The maximum absolute atomic E-state index is 8.96. The van der Waals surface area contributed by atoms with Gasteiger partial charge in [-0.15, -0.1) is 5.10 Å². The summed E-state index contributed by atoms with van der Waals surface area (Å²) in [5.41, 5.74) is 2.18. The quantitative estimate of drug-likeness (QED) is 0.811. The molecule has 0 bridgehead atoms. The van der Waals surface area contributed by atoms with Crippen molar-refractivity contribution < 1.29 is 9.52 Å². The van der Waals surface area contributed by atoms with Crippen LogP contribution in [0.3, 0.4) is 0 Å². The maximum Gasteiger partial charge on any atom is 0.412 e. The Hall–Kier alpha value is -1.84. The van der Waals surface area contributed by atoms with E-state index in [2.05, 4.69) is 16.3 Å². The van der Waals surface area contributed by atoms with E-state index in [0.717, 1.165) is 5.56 Å². The third-order valence-corrected chi connectivity index (χ3v) is 2.60. The van der Waals surface area contributed by atoms with Crippen molar-refractivity contribution in [1.82, 2.24) is 10.2 Å². The molecule has 0 saturated heterocycles. The molecule has 3 rings (SSSR count). The average molecular weight is 202 g/mol. The van der Waals surface area contributed by atoms with E-state index >= 15 is 0 Å². The van der Waals surface area contributed by atoms with Crippen molar-refractivity contribution >= 4 is 0 Å². The Bertz CT molecular complexity index is 489. The lowest BCUT2D eigenvalue weighted by Gasteiger charge is -1.99. The van der Waals surface area contributed by atoms with Gasteiger partial charge in [0, 0.05) is 5.56 Å². The summed E-state index contributed by atoms with van der Waals surface area (Å²) >= 11 is 0. The fourth-order valence-electron chi connectivity index (χ4n) is 1.67. The summed E-state index contributed by atoms with van der Waals surface area (Å²) in [6, 6.07) is 8.03. The van der Waals surface area contributed by atoms with Crippen molar-refractivity contribution in [2.24, 2.45) is 0 Å². The Morgan fingerprint density at radius 2 is 2.13 bits per heavy atom. The first-order chi connectivity index (χ1) is 7.33. The Kier molecular flexibility index (Phi) is 1.74. The van der Waals surface area contributed by atoms with Crippen LogP contribution in [0.4, 0.5) is 0 Å². The van der Waals surface area contributed by atoms with Gasteiger partial charge in [-0.3, -0.25) is 0 Å². The molecule has 1 aromatic heterocycles. The van der Waals surface area contributed by atoms with Crippen LogP contribution in [0.5, 0.6) is 6.08 Å². The fraction of sp³-hybridized carbons (Fsp3) is 0.273. The summed E-state index contributed by atoms with van der Waals surface area (Å²) < 4.78 is 4.96. The van der Waals surface area contributed by atoms with Crippen molar-refractivity contribution in [3.63, 3.8) is 0 Å². The van der Waals surface area contributed by atoms with E-state index in [0.29, 0.717) is 11.8 Å². The van der Waals surface area contributed by atoms with Crippen molar-refractivity contribution in [2.75, 3.05) is 0 Å². The minimum atomic E-state index is -0.387. The van der Waals surface area contributed by atoms with Gasteiger partial charge in [0.2, 0.25) is 0 Å². The van der Waals surface area contributed by atoms with Gasteiger partial charge in [-0.1, -0.05) is 17.2 Å². The lowest BCUT2D eigenvalue weighted by Crippen LogP contribution is -1.82. The van der Waals surface area contributed by atoms with E-state index < -0.39 is 0 Å². The molecule has 0 radical (unpaired) electrons. The molecule has 1 aliphatic rings. The van der Waals surface area contributed by atoms with Crippen LogP contribution in [0.2, 0.25) is 0 Å². The number of aromatic hydroxyl groups is 1. The van der Waals surface area contributed by atoms with Crippen molar-refractivity contribution in [1.29, 1.82) is 0 Å². The predicted octanol–water partition coefficient (Wildman–Crippen LogP) is 2.32. The molecule has 2 aromatic rings. The van der Waals surface area contributed by atoms with Gasteiger partial charge in [-0.2, -0.15) is 0 Å². The van der Waals surface area contributed by atoms with Gasteiger partial charge in [0.25, 0.3) is 5.89 Å². The Balaban J connectivity index is 2.00. The number of hydrogen-bond donors (Lipinski definition) is 1. The van der Waals surface area contributed by atoms with Gasteiger partial charge >= 0.3 is 6.08 Å². The van der Waals surface area contributed by atoms with Gasteiger partial charge < -0.3 is 9.52 Å². The summed E-state index contributed by atoms with van der Waals surface area (Å²) in [7, 11) is 0. The minimum Gasteiger partial charge on any atom is -0.465 e. The van der Waals surface area contributed by atoms with Crippen molar-refractivity contribution in [3.05, 3.63) is 29.8 Å². The summed E-state index contributed by atoms with van der Waals surface area (Å²) in [6.07, 6.45) is 2.14. The zero-order valence-electron chi connectivity index (χ0n) is 8.05. The normalized spacial score (nSPS) is 15.5. The minimum absolute atomic E-state index is 0.370. The monoisotopic (exact) mass is 202 g/mol. The summed E-state index contributed by atoms with van der Waals surface area (Å²) in [5.74, 6) is 1.07. The Morgan fingerprint density at radius 1 is 1.27 bits per heavy atom. The van der Waals surface area contributed by atoms with Gasteiger partial charge in [0.15, 0.2) is 0 Å². The molecule has 0 amide bonds. The highest BCUT2D eigenvalue weighted by atomic mass is 16.5. The van der Waals surface area contributed by atoms with Crippen molar-refractivity contribution in [2.45, 2.75) is 18.8 Å². The second kappa shape index (κ2) is 3.08. The molecule has 1 N–H and O–H groups in total.